The predicted molar refractivity (Wildman–Crippen MR) is 54.5 cm³/mol. The van der Waals surface area contributed by atoms with Gasteiger partial charge < -0.3 is 5.73 Å². The van der Waals surface area contributed by atoms with E-state index in [1.165, 1.54) is 4.80 Å². The first-order valence-electron chi connectivity index (χ1n) is 4.99. The zero-order valence-corrected chi connectivity index (χ0v) is 9.31. The first-order chi connectivity index (χ1) is 6.50. The average molecular weight is 197 g/mol. The lowest BCUT2D eigenvalue weighted by Crippen LogP contribution is -2.32. The third kappa shape index (κ3) is 2.77. The lowest BCUT2D eigenvalue weighted by atomic mass is 9.87. The van der Waals surface area contributed by atoms with Crippen molar-refractivity contribution in [1.82, 2.24) is 20.2 Å². The van der Waals surface area contributed by atoms with Gasteiger partial charge in [0.1, 0.15) is 0 Å². The van der Waals surface area contributed by atoms with Crippen LogP contribution < -0.4 is 5.73 Å². The van der Waals surface area contributed by atoms with Crippen molar-refractivity contribution in [2.75, 3.05) is 0 Å². The number of rotatable bonds is 4. The Hall–Kier alpha value is -0.970. The smallest absolute Gasteiger partial charge is 0.175 e. The van der Waals surface area contributed by atoms with Crippen LogP contribution in [0, 0.1) is 11.8 Å². The predicted octanol–water partition coefficient (Wildman–Crippen LogP) is 0.372. The Bertz CT molecular complexity index is 270. The number of hydrogen-bond acceptors (Lipinski definition) is 4. The monoisotopic (exact) mass is 197 g/mol. The first kappa shape index (κ1) is 11.1. The summed E-state index contributed by atoms with van der Waals surface area (Å²) >= 11 is 0. The molecular formula is C9H19N5. The van der Waals surface area contributed by atoms with Crippen molar-refractivity contribution in [3.63, 3.8) is 0 Å². The Balaban J connectivity index is 2.64. The summed E-state index contributed by atoms with van der Waals surface area (Å²) in [6, 6.07) is 0.166. The van der Waals surface area contributed by atoms with E-state index in [2.05, 4.69) is 29.3 Å². The Morgan fingerprint density at radius 1 is 1.36 bits per heavy atom. The van der Waals surface area contributed by atoms with Gasteiger partial charge in [0, 0.05) is 12.5 Å². The van der Waals surface area contributed by atoms with E-state index in [1.807, 2.05) is 6.92 Å². The summed E-state index contributed by atoms with van der Waals surface area (Å²) in [5.41, 5.74) is 5.91. The number of nitrogens with zero attached hydrogens (tertiary/aromatic N) is 4. The summed E-state index contributed by atoms with van der Waals surface area (Å²) in [4.78, 5) is 1.48. The molecule has 0 fully saturated rings. The molecule has 0 aromatic carbocycles. The maximum atomic E-state index is 5.91. The molecule has 0 aliphatic rings. The molecule has 1 rings (SSSR count). The van der Waals surface area contributed by atoms with Gasteiger partial charge in [0.15, 0.2) is 5.82 Å². The summed E-state index contributed by atoms with van der Waals surface area (Å²) < 4.78 is 0. The van der Waals surface area contributed by atoms with Gasteiger partial charge in [-0.25, -0.2) is 0 Å². The fourth-order valence-electron chi connectivity index (χ4n) is 1.64. The van der Waals surface area contributed by atoms with Crippen LogP contribution in [0.4, 0.5) is 0 Å². The molecule has 0 aliphatic carbocycles. The molecule has 0 bridgehead atoms. The van der Waals surface area contributed by atoms with Gasteiger partial charge in [-0.1, -0.05) is 13.8 Å². The van der Waals surface area contributed by atoms with Crippen molar-refractivity contribution >= 4 is 0 Å². The molecule has 2 unspecified atom stereocenters. The molecule has 0 radical (unpaired) electrons. The lowest BCUT2D eigenvalue weighted by molar-refractivity contribution is 0.324. The van der Waals surface area contributed by atoms with Gasteiger partial charge in [0.2, 0.25) is 0 Å². The van der Waals surface area contributed by atoms with E-state index in [9.17, 15) is 0 Å². The quantitative estimate of drug-likeness (QED) is 0.757. The molecule has 0 aliphatic heterocycles. The SMILES string of the molecule is CC(C)C(Cc1nnn(C)n1)C(C)N. The van der Waals surface area contributed by atoms with Crippen LogP contribution in [-0.4, -0.2) is 26.2 Å². The van der Waals surface area contributed by atoms with Gasteiger partial charge in [0.25, 0.3) is 0 Å². The fourth-order valence-corrected chi connectivity index (χ4v) is 1.64. The van der Waals surface area contributed by atoms with Crippen LogP contribution in [0.15, 0.2) is 0 Å². The maximum Gasteiger partial charge on any atom is 0.175 e. The van der Waals surface area contributed by atoms with Gasteiger partial charge in [0.05, 0.1) is 7.05 Å². The third-order valence-corrected chi connectivity index (χ3v) is 2.50. The number of aromatic nitrogens is 4. The van der Waals surface area contributed by atoms with Gasteiger partial charge in [-0.05, 0) is 24.0 Å². The topological polar surface area (TPSA) is 69.6 Å². The molecular weight excluding hydrogens is 178 g/mol. The number of hydrogen-bond donors (Lipinski definition) is 1. The van der Waals surface area contributed by atoms with Crippen LogP contribution in [0.3, 0.4) is 0 Å². The molecule has 1 heterocycles. The largest absolute Gasteiger partial charge is 0.328 e. The van der Waals surface area contributed by atoms with E-state index in [0.29, 0.717) is 11.8 Å². The highest BCUT2D eigenvalue weighted by molar-refractivity contribution is 4.85. The summed E-state index contributed by atoms with van der Waals surface area (Å²) in [6.07, 6.45) is 0.809. The average Bonchev–Trinajstić information content (AvgIpc) is 2.46. The van der Waals surface area contributed by atoms with Crippen molar-refractivity contribution in [2.24, 2.45) is 24.6 Å². The Morgan fingerprint density at radius 2 is 2.00 bits per heavy atom. The number of aryl methyl sites for hydroxylation is 1. The van der Waals surface area contributed by atoms with E-state index in [4.69, 9.17) is 5.73 Å². The molecule has 0 saturated heterocycles. The van der Waals surface area contributed by atoms with E-state index in [0.717, 1.165) is 12.2 Å². The highest BCUT2D eigenvalue weighted by Gasteiger charge is 2.20. The van der Waals surface area contributed by atoms with Crippen LogP contribution in [0.25, 0.3) is 0 Å². The lowest BCUT2D eigenvalue weighted by Gasteiger charge is -2.22. The standard InChI is InChI=1S/C9H19N5/c1-6(2)8(7(3)10)5-9-11-13-14(4)12-9/h6-8H,5,10H2,1-4H3. The van der Waals surface area contributed by atoms with Gasteiger partial charge in [-0.15, -0.1) is 10.2 Å². The van der Waals surface area contributed by atoms with Crippen molar-refractivity contribution in [1.29, 1.82) is 0 Å². The fraction of sp³-hybridized carbons (Fsp3) is 0.889. The molecule has 2 atom stereocenters. The molecule has 0 amide bonds. The second-order valence-corrected chi connectivity index (χ2v) is 4.17. The van der Waals surface area contributed by atoms with Crippen LogP contribution in [-0.2, 0) is 13.5 Å². The van der Waals surface area contributed by atoms with Crippen LogP contribution in [0.2, 0.25) is 0 Å². The van der Waals surface area contributed by atoms with Crippen molar-refractivity contribution < 1.29 is 0 Å². The molecule has 0 saturated carbocycles. The summed E-state index contributed by atoms with van der Waals surface area (Å²) in [5, 5.41) is 11.9. The number of nitrogens with two attached hydrogens (primary N) is 1. The normalized spacial score (nSPS) is 15.9. The Labute approximate surface area is 84.7 Å². The molecule has 1 aromatic rings. The highest BCUT2D eigenvalue weighted by atomic mass is 15.6. The second kappa shape index (κ2) is 4.50. The Morgan fingerprint density at radius 3 is 2.36 bits per heavy atom. The summed E-state index contributed by atoms with van der Waals surface area (Å²) in [5.74, 6) is 1.74. The van der Waals surface area contributed by atoms with Gasteiger partial charge in [-0.3, -0.25) is 0 Å². The Kier molecular flexibility index (Phi) is 3.57. The zero-order valence-electron chi connectivity index (χ0n) is 9.31. The van der Waals surface area contributed by atoms with E-state index in [1.54, 1.807) is 7.05 Å². The molecule has 1 aromatic heterocycles. The second-order valence-electron chi connectivity index (χ2n) is 4.17. The summed E-state index contributed by atoms with van der Waals surface area (Å²) in [6.45, 7) is 6.37. The van der Waals surface area contributed by atoms with Gasteiger partial charge >= 0.3 is 0 Å². The molecule has 14 heavy (non-hydrogen) atoms. The maximum absolute atomic E-state index is 5.91. The minimum absolute atomic E-state index is 0.166. The minimum atomic E-state index is 0.166. The van der Waals surface area contributed by atoms with Crippen molar-refractivity contribution in [3.05, 3.63) is 5.82 Å². The third-order valence-electron chi connectivity index (χ3n) is 2.50. The molecule has 80 valence electrons. The van der Waals surface area contributed by atoms with Crippen LogP contribution >= 0.6 is 0 Å². The van der Waals surface area contributed by atoms with Crippen LogP contribution in [0.1, 0.15) is 26.6 Å². The van der Waals surface area contributed by atoms with E-state index >= 15 is 0 Å². The first-order valence-corrected chi connectivity index (χ1v) is 4.99. The molecule has 5 heteroatoms. The molecule has 2 N–H and O–H groups in total. The van der Waals surface area contributed by atoms with Gasteiger partial charge in [-0.2, -0.15) is 4.80 Å². The van der Waals surface area contributed by atoms with Crippen molar-refractivity contribution in [2.45, 2.75) is 33.2 Å². The minimum Gasteiger partial charge on any atom is -0.328 e. The zero-order chi connectivity index (χ0) is 10.7. The molecule has 5 nitrogen and oxygen atoms in total. The summed E-state index contributed by atoms with van der Waals surface area (Å²) in [7, 11) is 1.77. The van der Waals surface area contributed by atoms with E-state index < -0.39 is 0 Å². The van der Waals surface area contributed by atoms with E-state index in [-0.39, 0.29) is 6.04 Å². The van der Waals surface area contributed by atoms with Crippen molar-refractivity contribution in [3.8, 4) is 0 Å². The molecule has 0 spiro atoms. The highest BCUT2D eigenvalue weighted by Crippen LogP contribution is 2.17. The number of tetrazole rings is 1. The van der Waals surface area contributed by atoms with Crippen LogP contribution in [0.5, 0.6) is 0 Å².